The van der Waals surface area contributed by atoms with E-state index >= 15 is 0 Å². The van der Waals surface area contributed by atoms with Crippen LogP contribution in [0.1, 0.15) is 25.3 Å². The molecule has 0 spiro atoms. The molecule has 0 bridgehead atoms. The lowest BCUT2D eigenvalue weighted by molar-refractivity contribution is 0.600. The Morgan fingerprint density at radius 2 is 2.08 bits per heavy atom. The van der Waals surface area contributed by atoms with Crippen LogP contribution in [0.3, 0.4) is 0 Å². The van der Waals surface area contributed by atoms with Crippen molar-refractivity contribution in [3.63, 3.8) is 0 Å². The van der Waals surface area contributed by atoms with Gasteiger partial charge in [0, 0.05) is 18.4 Å². The summed E-state index contributed by atoms with van der Waals surface area (Å²) in [6.45, 7) is 2.16. The topological polar surface area (TPSA) is 38.9 Å². The molecule has 0 aromatic carbocycles. The number of nitrogens with two attached hydrogens (primary N) is 1. The summed E-state index contributed by atoms with van der Waals surface area (Å²) in [6.07, 6.45) is 6.85. The molecule has 1 rings (SSSR count). The first kappa shape index (κ1) is 9.20. The van der Waals surface area contributed by atoms with Gasteiger partial charge in [-0.1, -0.05) is 13.3 Å². The van der Waals surface area contributed by atoms with E-state index in [9.17, 15) is 0 Å². The predicted molar refractivity (Wildman–Crippen MR) is 50.8 cm³/mol. The van der Waals surface area contributed by atoms with Gasteiger partial charge in [0.1, 0.15) is 0 Å². The molecule has 0 fully saturated rings. The van der Waals surface area contributed by atoms with Crippen molar-refractivity contribution in [1.29, 1.82) is 0 Å². The number of aromatic nitrogens is 1. The molecule has 2 nitrogen and oxygen atoms in total. The molecular formula is C10H16N2. The van der Waals surface area contributed by atoms with Crippen LogP contribution < -0.4 is 5.73 Å². The lowest BCUT2D eigenvalue weighted by atomic mass is 10.0. The van der Waals surface area contributed by atoms with E-state index in [1.54, 1.807) is 0 Å². The van der Waals surface area contributed by atoms with Gasteiger partial charge in [0.05, 0.1) is 0 Å². The molecule has 0 saturated carbocycles. The molecule has 0 aliphatic carbocycles. The average molecular weight is 164 g/mol. The second-order valence-corrected chi connectivity index (χ2v) is 3.11. The van der Waals surface area contributed by atoms with Crippen LogP contribution in [0.4, 0.5) is 0 Å². The van der Waals surface area contributed by atoms with E-state index in [2.05, 4.69) is 11.9 Å². The van der Waals surface area contributed by atoms with Crippen molar-refractivity contribution in [2.24, 2.45) is 5.73 Å². The van der Waals surface area contributed by atoms with E-state index in [4.69, 9.17) is 5.73 Å². The van der Waals surface area contributed by atoms with Crippen LogP contribution in [0.2, 0.25) is 0 Å². The van der Waals surface area contributed by atoms with Crippen molar-refractivity contribution in [3.05, 3.63) is 30.1 Å². The lowest BCUT2D eigenvalue weighted by Crippen LogP contribution is -2.22. The van der Waals surface area contributed by atoms with Crippen molar-refractivity contribution >= 4 is 0 Å². The Hall–Kier alpha value is -0.890. The third-order valence-electron chi connectivity index (χ3n) is 1.91. The summed E-state index contributed by atoms with van der Waals surface area (Å²) in [5.74, 6) is 0. The number of hydrogen-bond donors (Lipinski definition) is 1. The fraction of sp³-hybridized carbons (Fsp3) is 0.500. The summed E-state index contributed by atoms with van der Waals surface area (Å²) in [4.78, 5) is 3.96. The lowest BCUT2D eigenvalue weighted by Gasteiger charge is -2.09. The van der Waals surface area contributed by atoms with E-state index in [1.807, 2.05) is 24.5 Å². The van der Waals surface area contributed by atoms with Crippen LogP contribution in [0, 0.1) is 0 Å². The maximum atomic E-state index is 5.90. The first-order chi connectivity index (χ1) is 5.83. The van der Waals surface area contributed by atoms with E-state index < -0.39 is 0 Å². The summed E-state index contributed by atoms with van der Waals surface area (Å²) < 4.78 is 0. The fourth-order valence-electron chi connectivity index (χ4n) is 1.29. The van der Waals surface area contributed by atoms with Gasteiger partial charge in [0.15, 0.2) is 0 Å². The van der Waals surface area contributed by atoms with Gasteiger partial charge in [-0.05, 0) is 30.5 Å². The average Bonchev–Trinajstić information content (AvgIpc) is 2.06. The standard InChI is InChI=1S/C10H16N2/c1-2-3-10(11)8-9-4-6-12-7-5-9/h4-7,10H,2-3,8,11H2,1H3/t10-/m0/s1. The first-order valence-corrected chi connectivity index (χ1v) is 4.47. The molecule has 0 saturated heterocycles. The third-order valence-corrected chi connectivity index (χ3v) is 1.91. The van der Waals surface area contributed by atoms with Gasteiger partial charge in [-0.25, -0.2) is 0 Å². The highest BCUT2D eigenvalue weighted by Crippen LogP contribution is 2.03. The number of hydrogen-bond acceptors (Lipinski definition) is 2. The molecule has 1 heterocycles. The van der Waals surface area contributed by atoms with Crippen molar-refractivity contribution < 1.29 is 0 Å². The van der Waals surface area contributed by atoms with Gasteiger partial charge in [-0.2, -0.15) is 0 Å². The Morgan fingerprint density at radius 1 is 1.42 bits per heavy atom. The minimum absolute atomic E-state index is 0.303. The first-order valence-electron chi connectivity index (χ1n) is 4.47. The normalized spacial score (nSPS) is 12.8. The molecule has 0 radical (unpaired) electrons. The summed E-state index contributed by atoms with van der Waals surface area (Å²) >= 11 is 0. The molecule has 0 unspecified atom stereocenters. The van der Waals surface area contributed by atoms with E-state index in [0.29, 0.717) is 6.04 Å². The SMILES string of the molecule is CCC[C@H](N)Cc1ccncc1. The molecule has 1 aromatic rings. The molecule has 0 aliphatic rings. The predicted octanol–water partition coefficient (Wildman–Crippen LogP) is 1.75. The van der Waals surface area contributed by atoms with Gasteiger partial charge in [-0.15, -0.1) is 0 Å². The zero-order valence-corrected chi connectivity index (χ0v) is 7.53. The number of rotatable bonds is 4. The summed E-state index contributed by atoms with van der Waals surface area (Å²) in [6, 6.07) is 4.35. The van der Waals surface area contributed by atoms with E-state index in [0.717, 1.165) is 19.3 Å². The fourth-order valence-corrected chi connectivity index (χ4v) is 1.29. The molecule has 0 aliphatic heterocycles. The van der Waals surface area contributed by atoms with E-state index in [1.165, 1.54) is 5.56 Å². The van der Waals surface area contributed by atoms with Gasteiger partial charge in [0.25, 0.3) is 0 Å². The Bertz CT molecular complexity index is 208. The number of nitrogens with zero attached hydrogens (tertiary/aromatic N) is 1. The zero-order chi connectivity index (χ0) is 8.81. The molecule has 2 heteroatoms. The summed E-state index contributed by atoms with van der Waals surface area (Å²) in [7, 11) is 0. The molecule has 2 N–H and O–H groups in total. The minimum Gasteiger partial charge on any atom is -0.327 e. The Morgan fingerprint density at radius 3 is 2.67 bits per heavy atom. The highest BCUT2D eigenvalue weighted by atomic mass is 14.6. The van der Waals surface area contributed by atoms with Gasteiger partial charge in [0.2, 0.25) is 0 Å². The quantitative estimate of drug-likeness (QED) is 0.736. The van der Waals surface area contributed by atoms with Crippen LogP contribution >= 0.6 is 0 Å². The van der Waals surface area contributed by atoms with Gasteiger partial charge in [-0.3, -0.25) is 4.98 Å². The smallest absolute Gasteiger partial charge is 0.0270 e. The van der Waals surface area contributed by atoms with Crippen LogP contribution in [-0.2, 0) is 6.42 Å². The molecular weight excluding hydrogens is 148 g/mol. The number of pyridine rings is 1. The van der Waals surface area contributed by atoms with Crippen molar-refractivity contribution in [2.45, 2.75) is 32.2 Å². The van der Waals surface area contributed by atoms with Crippen molar-refractivity contribution in [1.82, 2.24) is 4.98 Å². The van der Waals surface area contributed by atoms with Crippen LogP contribution in [0.5, 0.6) is 0 Å². The molecule has 12 heavy (non-hydrogen) atoms. The van der Waals surface area contributed by atoms with Crippen LogP contribution in [-0.4, -0.2) is 11.0 Å². The van der Waals surface area contributed by atoms with Crippen LogP contribution in [0.25, 0.3) is 0 Å². The summed E-state index contributed by atoms with van der Waals surface area (Å²) in [5.41, 5.74) is 7.18. The second kappa shape index (κ2) is 4.88. The van der Waals surface area contributed by atoms with E-state index in [-0.39, 0.29) is 0 Å². The highest BCUT2D eigenvalue weighted by molar-refractivity contribution is 5.10. The monoisotopic (exact) mass is 164 g/mol. The molecule has 1 atom stereocenters. The maximum absolute atomic E-state index is 5.90. The van der Waals surface area contributed by atoms with Crippen LogP contribution in [0.15, 0.2) is 24.5 Å². The summed E-state index contributed by atoms with van der Waals surface area (Å²) in [5, 5.41) is 0. The maximum Gasteiger partial charge on any atom is 0.0270 e. The third kappa shape index (κ3) is 3.01. The highest BCUT2D eigenvalue weighted by Gasteiger charge is 2.01. The second-order valence-electron chi connectivity index (χ2n) is 3.11. The molecule has 1 aromatic heterocycles. The Balaban J connectivity index is 2.41. The Labute approximate surface area is 73.8 Å². The van der Waals surface area contributed by atoms with Crippen molar-refractivity contribution in [3.8, 4) is 0 Å². The molecule has 66 valence electrons. The molecule has 0 amide bonds. The van der Waals surface area contributed by atoms with Gasteiger partial charge >= 0.3 is 0 Å². The van der Waals surface area contributed by atoms with Crippen molar-refractivity contribution in [2.75, 3.05) is 0 Å². The zero-order valence-electron chi connectivity index (χ0n) is 7.53. The Kier molecular flexibility index (Phi) is 3.74. The minimum atomic E-state index is 0.303. The largest absolute Gasteiger partial charge is 0.327 e. The van der Waals surface area contributed by atoms with Gasteiger partial charge < -0.3 is 5.73 Å².